The van der Waals surface area contributed by atoms with Crippen LogP contribution in [0.1, 0.15) is 26.2 Å². The number of fused-ring (bicyclic) bond motifs is 2. The Morgan fingerprint density at radius 1 is 1.70 bits per heavy atom. The van der Waals surface area contributed by atoms with Gasteiger partial charge in [0.1, 0.15) is 0 Å². The molecule has 0 aromatic heterocycles. The van der Waals surface area contributed by atoms with Gasteiger partial charge in [-0.15, -0.1) is 0 Å². The lowest BCUT2D eigenvalue weighted by Gasteiger charge is -2.19. The Labute approximate surface area is 61.0 Å². The zero-order valence-electron chi connectivity index (χ0n) is 6.25. The smallest absolute Gasteiger partial charge is 0.0786 e. The fourth-order valence-electron chi connectivity index (χ4n) is 2.09. The normalized spacial score (nSPS) is 40.0. The van der Waals surface area contributed by atoms with Gasteiger partial charge in [0.15, 0.2) is 0 Å². The van der Waals surface area contributed by atoms with E-state index in [1.807, 2.05) is 6.92 Å². The topological polar surface area (TPSA) is 32.6 Å². The van der Waals surface area contributed by atoms with Crippen molar-refractivity contribution in [3.63, 3.8) is 0 Å². The Morgan fingerprint density at radius 2 is 2.50 bits per heavy atom. The standard InChI is InChI=1S/C8H13NO/c1-5(10)8-6-2-3-7(4-6)9-8/h5-6,8,10H,2-4H2,1H3. The highest BCUT2D eigenvalue weighted by atomic mass is 16.3. The largest absolute Gasteiger partial charge is 0.391 e. The molecule has 56 valence electrons. The number of aliphatic hydroxyl groups excluding tert-OH is 1. The second kappa shape index (κ2) is 2.06. The van der Waals surface area contributed by atoms with Crippen molar-refractivity contribution in [2.45, 2.75) is 38.3 Å². The van der Waals surface area contributed by atoms with Gasteiger partial charge in [-0.05, 0) is 32.1 Å². The molecule has 0 aromatic rings. The van der Waals surface area contributed by atoms with Crippen LogP contribution in [-0.4, -0.2) is 23.0 Å². The quantitative estimate of drug-likeness (QED) is 0.577. The Balaban J connectivity index is 2.15. The van der Waals surface area contributed by atoms with Crippen LogP contribution in [0.4, 0.5) is 0 Å². The zero-order chi connectivity index (χ0) is 7.14. The summed E-state index contributed by atoms with van der Waals surface area (Å²) in [4.78, 5) is 4.42. The molecule has 10 heavy (non-hydrogen) atoms. The monoisotopic (exact) mass is 139 g/mol. The van der Waals surface area contributed by atoms with E-state index >= 15 is 0 Å². The molecule has 2 aliphatic rings. The molecule has 1 N–H and O–H groups in total. The SMILES string of the molecule is CC(O)C1N=C2CCC1C2. The van der Waals surface area contributed by atoms with Crippen LogP contribution in [0.3, 0.4) is 0 Å². The fourth-order valence-corrected chi connectivity index (χ4v) is 2.09. The third kappa shape index (κ3) is 0.788. The summed E-state index contributed by atoms with van der Waals surface area (Å²) in [6, 6.07) is 0.240. The van der Waals surface area contributed by atoms with Crippen molar-refractivity contribution < 1.29 is 5.11 Å². The maximum absolute atomic E-state index is 9.27. The Morgan fingerprint density at radius 3 is 2.80 bits per heavy atom. The summed E-state index contributed by atoms with van der Waals surface area (Å²) < 4.78 is 0. The van der Waals surface area contributed by atoms with E-state index in [0.717, 1.165) is 6.42 Å². The second-order valence-electron chi connectivity index (χ2n) is 3.43. The molecule has 3 unspecified atom stereocenters. The Kier molecular flexibility index (Phi) is 1.31. The first-order valence-electron chi connectivity index (χ1n) is 4.01. The van der Waals surface area contributed by atoms with Gasteiger partial charge < -0.3 is 5.11 Å². The molecule has 0 amide bonds. The molecule has 1 fully saturated rings. The van der Waals surface area contributed by atoms with Crippen molar-refractivity contribution in [3.05, 3.63) is 0 Å². The van der Waals surface area contributed by atoms with Crippen molar-refractivity contribution in [1.82, 2.24) is 0 Å². The third-order valence-corrected chi connectivity index (χ3v) is 2.61. The van der Waals surface area contributed by atoms with Crippen LogP contribution >= 0.6 is 0 Å². The zero-order valence-corrected chi connectivity index (χ0v) is 6.25. The molecule has 0 spiro atoms. The average Bonchev–Trinajstić information content (AvgIpc) is 2.44. The van der Waals surface area contributed by atoms with Gasteiger partial charge in [-0.3, -0.25) is 4.99 Å². The minimum atomic E-state index is -0.234. The van der Waals surface area contributed by atoms with E-state index in [1.54, 1.807) is 0 Å². The Bertz CT molecular complexity index is 174. The van der Waals surface area contributed by atoms with E-state index in [4.69, 9.17) is 0 Å². The number of hydrogen-bond donors (Lipinski definition) is 1. The average molecular weight is 139 g/mol. The molecule has 1 aliphatic carbocycles. The van der Waals surface area contributed by atoms with Gasteiger partial charge >= 0.3 is 0 Å². The van der Waals surface area contributed by atoms with Crippen LogP contribution < -0.4 is 0 Å². The van der Waals surface area contributed by atoms with Crippen molar-refractivity contribution in [1.29, 1.82) is 0 Å². The minimum absolute atomic E-state index is 0.234. The molecule has 3 atom stereocenters. The number of nitrogens with zero attached hydrogens (tertiary/aromatic N) is 1. The molecule has 0 saturated heterocycles. The van der Waals surface area contributed by atoms with Gasteiger partial charge in [0.25, 0.3) is 0 Å². The van der Waals surface area contributed by atoms with E-state index in [2.05, 4.69) is 4.99 Å². The summed E-state index contributed by atoms with van der Waals surface area (Å²) in [5, 5.41) is 9.27. The van der Waals surface area contributed by atoms with Crippen molar-refractivity contribution in [3.8, 4) is 0 Å². The highest BCUT2D eigenvalue weighted by Crippen LogP contribution is 2.35. The summed E-state index contributed by atoms with van der Waals surface area (Å²) >= 11 is 0. The van der Waals surface area contributed by atoms with Gasteiger partial charge in [-0.25, -0.2) is 0 Å². The minimum Gasteiger partial charge on any atom is -0.391 e. The van der Waals surface area contributed by atoms with E-state index in [9.17, 15) is 5.11 Å². The molecule has 1 aliphatic heterocycles. The lowest BCUT2D eigenvalue weighted by Crippen LogP contribution is -2.26. The van der Waals surface area contributed by atoms with Crippen LogP contribution in [0.2, 0.25) is 0 Å². The van der Waals surface area contributed by atoms with E-state index < -0.39 is 0 Å². The number of aliphatic imine (C=N–C) groups is 1. The molecule has 2 nitrogen and oxygen atoms in total. The van der Waals surface area contributed by atoms with Crippen LogP contribution in [0.5, 0.6) is 0 Å². The molecule has 1 saturated carbocycles. The summed E-state index contributed by atoms with van der Waals surface area (Å²) in [6.07, 6.45) is 3.38. The molecular formula is C8H13NO. The predicted molar refractivity (Wildman–Crippen MR) is 40.2 cm³/mol. The first-order valence-corrected chi connectivity index (χ1v) is 4.01. The van der Waals surface area contributed by atoms with Crippen molar-refractivity contribution >= 4 is 5.71 Å². The van der Waals surface area contributed by atoms with Gasteiger partial charge in [0.2, 0.25) is 0 Å². The van der Waals surface area contributed by atoms with E-state index in [1.165, 1.54) is 18.6 Å². The van der Waals surface area contributed by atoms with E-state index in [0.29, 0.717) is 5.92 Å². The molecular weight excluding hydrogens is 126 g/mol. The van der Waals surface area contributed by atoms with Crippen LogP contribution in [0.25, 0.3) is 0 Å². The van der Waals surface area contributed by atoms with Gasteiger partial charge in [-0.2, -0.15) is 0 Å². The predicted octanol–water partition coefficient (Wildman–Crippen LogP) is 0.990. The molecule has 0 aromatic carbocycles. The molecule has 1 heterocycles. The molecule has 2 rings (SSSR count). The number of hydrogen-bond acceptors (Lipinski definition) is 2. The molecule has 0 radical (unpaired) electrons. The summed E-state index contributed by atoms with van der Waals surface area (Å²) in [6.45, 7) is 1.84. The Hall–Kier alpha value is -0.370. The van der Waals surface area contributed by atoms with Crippen molar-refractivity contribution in [2.24, 2.45) is 10.9 Å². The highest BCUT2D eigenvalue weighted by molar-refractivity contribution is 5.88. The lowest BCUT2D eigenvalue weighted by molar-refractivity contribution is 0.140. The van der Waals surface area contributed by atoms with Gasteiger partial charge in [0, 0.05) is 5.71 Å². The maximum Gasteiger partial charge on any atom is 0.0786 e. The second-order valence-corrected chi connectivity index (χ2v) is 3.43. The maximum atomic E-state index is 9.27. The third-order valence-electron chi connectivity index (χ3n) is 2.61. The van der Waals surface area contributed by atoms with Crippen LogP contribution in [0.15, 0.2) is 4.99 Å². The van der Waals surface area contributed by atoms with E-state index in [-0.39, 0.29) is 12.1 Å². The fraction of sp³-hybridized carbons (Fsp3) is 0.875. The number of aliphatic hydroxyl groups is 1. The summed E-state index contributed by atoms with van der Waals surface area (Å²) in [5.41, 5.74) is 1.34. The molecule has 2 bridgehead atoms. The first kappa shape index (κ1) is 6.35. The first-order chi connectivity index (χ1) is 4.77. The summed E-state index contributed by atoms with van der Waals surface area (Å²) in [5.74, 6) is 0.676. The lowest BCUT2D eigenvalue weighted by atomic mass is 9.96. The highest BCUT2D eigenvalue weighted by Gasteiger charge is 2.36. The van der Waals surface area contributed by atoms with Gasteiger partial charge in [0.05, 0.1) is 12.1 Å². The van der Waals surface area contributed by atoms with Crippen LogP contribution in [-0.2, 0) is 0 Å². The van der Waals surface area contributed by atoms with Crippen molar-refractivity contribution in [2.75, 3.05) is 0 Å². The summed E-state index contributed by atoms with van der Waals surface area (Å²) in [7, 11) is 0. The molecule has 2 heteroatoms. The van der Waals surface area contributed by atoms with Crippen LogP contribution in [0, 0.1) is 5.92 Å². The van der Waals surface area contributed by atoms with Gasteiger partial charge in [-0.1, -0.05) is 0 Å². The number of rotatable bonds is 1.